The Labute approximate surface area is 210 Å². The number of amides is 1. The molecular weight excluding hydrogens is 480 g/mol. The molecule has 2 saturated carbocycles. The van der Waals surface area contributed by atoms with Crippen LogP contribution in [0.1, 0.15) is 49.8 Å². The number of carbonyl (C=O) groups is 1. The molecule has 1 aromatic carbocycles. The number of nitrogens with zero attached hydrogens (tertiary/aromatic N) is 2. The molecule has 0 bridgehead atoms. The van der Waals surface area contributed by atoms with Crippen LogP contribution < -0.4 is 10.0 Å². The third-order valence-corrected chi connectivity index (χ3v) is 9.50. The van der Waals surface area contributed by atoms with E-state index in [9.17, 15) is 13.2 Å². The third-order valence-electron chi connectivity index (χ3n) is 7.35. The lowest BCUT2D eigenvalue weighted by Gasteiger charge is -2.26. The average Bonchev–Trinajstić information content (AvgIpc) is 3.46. The van der Waals surface area contributed by atoms with Crippen LogP contribution in [0, 0.1) is 11.8 Å². The first-order valence-electron chi connectivity index (χ1n) is 12.2. The lowest BCUT2D eigenvalue weighted by Crippen LogP contribution is -2.32. The van der Waals surface area contributed by atoms with E-state index >= 15 is 0 Å². The summed E-state index contributed by atoms with van der Waals surface area (Å²) >= 11 is 1.39. The summed E-state index contributed by atoms with van der Waals surface area (Å²) < 4.78 is 28.9. The smallest absolute Gasteiger partial charge is 0.240 e. The number of benzene rings is 1. The number of nitrogens with one attached hydrogen (secondary N) is 2. The van der Waals surface area contributed by atoms with Crippen LogP contribution >= 0.6 is 11.3 Å². The molecule has 35 heavy (non-hydrogen) atoms. The van der Waals surface area contributed by atoms with Crippen molar-refractivity contribution in [2.45, 2.75) is 55.3 Å². The molecule has 0 unspecified atom stereocenters. The maximum atomic E-state index is 13.6. The van der Waals surface area contributed by atoms with E-state index in [0.717, 1.165) is 30.5 Å². The Morgan fingerprint density at radius 3 is 2.66 bits per heavy atom. The fourth-order valence-electron chi connectivity index (χ4n) is 5.50. The molecule has 184 valence electrons. The molecule has 1 amide bonds. The normalized spacial score (nSPS) is 22.6. The molecule has 2 aromatic heterocycles. The van der Waals surface area contributed by atoms with Gasteiger partial charge in [0, 0.05) is 36.4 Å². The summed E-state index contributed by atoms with van der Waals surface area (Å²) in [5.41, 5.74) is 0.887. The molecule has 2 N–H and O–H groups in total. The first kappa shape index (κ1) is 24.1. The summed E-state index contributed by atoms with van der Waals surface area (Å²) in [6.45, 7) is 0.254. The third kappa shape index (κ3) is 5.17. The van der Waals surface area contributed by atoms with Crippen LogP contribution in [0.25, 0.3) is 0 Å². The van der Waals surface area contributed by atoms with E-state index in [-0.39, 0.29) is 23.3 Å². The van der Waals surface area contributed by atoms with E-state index in [0.29, 0.717) is 17.5 Å². The minimum atomic E-state index is -3.72. The van der Waals surface area contributed by atoms with Crippen LogP contribution in [0.2, 0.25) is 0 Å². The van der Waals surface area contributed by atoms with Gasteiger partial charge in [-0.1, -0.05) is 50.3 Å². The van der Waals surface area contributed by atoms with Gasteiger partial charge in [0.05, 0.1) is 10.3 Å². The van der Waals surface area contributed by atoms with Crippen LogP contribution in [0.15, 0.2) is 65.1 Å². The number of pyridine rings is 1. The molecule has 0 saturated heterocycles. The van der Waals surface area contributed by atoms with Gasteiger partial charge >= 0.3 is 0 Å². The predicted octanol–water partition coefficient (Wildman–Crippen LogP) is 4.54. The summed E-state index contributed by atoms with van der Waals surface area (Å²) in [7, 11) is -3.72. The molecule has 0 spiro atoms. The van der Waals surface area contributed by atoms with Crippen molar-refractivity contribution in [3.05, 3.63) is 71.5 Å². The first-order valence-corrected chi connectivity index (χ1v) is 14.6. The van der Waals surface area contributed by atoms with Crippen molar-refractivity contribution in [3.8, 4) is 0 Å². The van der Waals surface area contributed by atoms with Gasteiger partial charge in [-0.2, -0.15) is 0 Å². The second kappa shape index (κ2) is 10.2. The van der Waals surface area contributed by atoms with Crippen LogP contribution in [0.4, 0.5) is 5.13 Å². The number of anilines is 1. The van der Waals surface area contributed by atoms with Crippen molar-refractivity contribution in [1.82, 2.24) is 14.7 Å². The fourth-order valence-corrected chi connectivity index (χ4v) is 7.10. The quantitative estimate of drug-likeness (QED) is 0.440. The fraction of sp³-hybridized carbons (Fsp3) is 0.423. The molecule has 0 radical (unpaired) electrons. The molecule has 3 aromatic rings. The Balaban J connectivity index is 1.38. The Hall–Kier alpha value is -2.62. The van der Waals surface area contributed by atoms with E-state index in [1.807, 2.05) is 29.6 Å². The van der Waals surface area contributed by atoms with E-state index in [1.54, 1.807) is 30.6 Å². The summed E-state index contributed by atoms with van der Waals surface area (Å²) in [6.07, 6.45) is 10.5. The topological polar surface area (TPSA) is 101 Å². The number of hydrogen-bond donors (Lipinski definition) is 2. The average molecular weight is 511 g/mol. The Morgan fingerprint density at radius 2 is 1.91 bits per heavy atom. The van der Waals surface area contributed by atoms with Crippen molar-refractivity contribution in [2.75, 3.05) is 11.9 Å². The lowest BCUT2D eigenvalue weighted by molar-refractivity contribution is -0.119. The minimum Gasteiger partial charge on any atom is -0.301 e. The van der Waals surface area contributed by atoms with Gasteiger partial charge in [0.2, 0.25) is 15.9 Å². The molecule has 2 fully saturated rings. The van der Waals surface area contributed by atoms with Crippen LogP contribution in [0.5, 0.6) is 0 Å². The maximum Gasteiger partial charge on any atom is 0.240 e. The van der Waals surface area contributed by atoms with Gasteiger partial charge in [-0.3, -0.25) is 9.78 Å². The van der Waals surface area contributed by atoms with Crippen molar-refractivity contribution < 1.29 is 13.2 Å². The van der Waals surface area contributed by atoms with Gasteiger partial charge in [0.1, 0.15) is 0 Å². The number of sulfonamides is 1. The highest BCUT2D eigenvalue weighted by atomic mass is 32.2. The molecule has 9 heteroatoms. The molecule has 0 aliphatic heterocycles. The van der Waals surface area contributed by atoms with Crippen molar-refractivity contribution in [3.63, 3.8) is 0 Å². The summed E-state index contributed by atoms with van der Waals surface area (Å²) in [5.74, 6) is 0.626. The van der Waals surface area contributed by atoms with E-state index in [4.69, 9.17) is 0 Å². The Morgan fingerprint density at radius 1 is 1.06 bits per heavy atom. The molecular formula is C26H30N4O3S2. The predicted molar refractivity (Wildman–Crippen MR) is 137 cm³/mol. The van der Waals surface area contributed by atoms with Crippen molar-refractivity contribution in [1.29, 1.82) is 0 Å². The zero-order valence-corrected chi connectivity index (χ0v) is 21.2. The van der Waals surface area contributed by atoms with Crippen LogP contribution in [0.3, 0.4) is 0 Å². The second-order valence-electron chi connectivity index (χ2n) is 9.47. The van der Waals surface area contributed by atoms with Gasteiger partial charge < -0.3 is 5.32 Å². The summed E-state index contributed by atoms with van der Waals surface area (Å²) in [5, 5.41) is 5.40. The summed E-state index contributed by atoms with van der Waals surface area (Å²) in [4.78, 5) is 22.3. The zero-order valence-electron chi connectivity index (χ0n) is 19.5. The lowest BCUT2D eigenvalue weighted by atomic mass is 9.80. The van der Waals surface area contributed by atoms with Crippen LogP contribution in [-0.2, 0) is 26.7 Å². The van der Waals surface area contributed by atoms with Gasteiger partial charge in [-0.05, 0) is 48.1 Å². The van der Waals surface area contributed by atoms with Gasteiger partial charge in [-0.25, -0.2) is 18.1 Å². The largest absolute Gasteiger partial charge is 0.301 e. The second-order valence-corrected chi connectivity index (χ2v) is 12.1. The Bertz CT molecular complexity index is 1260. The summed E-state index contributed by atoms with van der Waals surface area (Å²) in [6, 6.07) is 12.5. The van der Waals surface area contributed by atoms with Crippen molar-refractivity contribution >= 4 is 32.4 Å². The van der Waals surface area contributed by atoms with Crippen LogP contribution in [-0.4, -0.2) is 30.8 Å². The van der Waals surface area contributed by atoms with E-state index in [1.165, 1.54) is 30.6 Å². The SMILES string of the molecule is O=C(Nc1nccs1)[C@]1(c2cccc(S(=O)(=O)NCCc3ccccn3)c2)C[C@H]1C1CCCCC1. The Kier molecular flexibility index (Phi) is 7.00. The monoisotopic (exact) mass is 510 g/mol. The van der Waals surface area contributed by atoms with Gasteiger partial charge in [-0.15, -0.1) is 11.3 Å². The first-order chi connectivity index (χ1) is 17.0. The minimum absolute atomic E-state index is 0.0827. The molecule has 7 nitrogen and oxygen atoms in total. The van der Waals surface area contributed by atoms with Gasteiger partial charge in [0.25, 0.3) is 0 Å². The number of rotatable bonds is 9. The van der Waals surface area contributed by atoms with Crippen molar-refractivity contribution in [2.24, 2.45) is 11.8 Å². The highest BCUT2D eigenvalue weighted by Gasteiger charge is 2.63. The maximum absolute atomic E-state index is 13.6. The van der Waals surface area contributed by atoms with E-state index < -0.39 is 15.4 Å². The molecule has 2 aliphatic carbocycles. The van der Waals surface area contributed by atoms with Gasteiger partial charge in [0.15, 0.2) is 5.13 Å². The number of hydrogen-bond acceptors (Lipinski definition) is 6. The number of thiazole rings is 1. The number of carbonyl (C=O) groups excluding carboxylic acids is 1. The molecule has 2 atom stereocenters. The highest BCUT2D eigenvalue weighted by molar-refractivity contribution is 7.89. The zero-order chi connectivity index (χ0) is 24.3. The molecule has 2 aliphatic rings. The molecule has 5 rings (SSSR count). The standard InChI is InChI=1S/C26H30N4O3S2/c31-24(30-25-28-15-16-34-25)26(18-23(26)19-7-2-1-3-8-19)20-9-6-11-22(17-20)35(32,33)29-14-12-21-10-4-5-13-27-21/h4-6,9-11,13,15-17,19,23,29H,1-3,7-8,12,14,18H2,(H,28,30,31)/t23-,26-/m0/s1. The van der Waals surface area contributed by atoms with E-state index in [2.05, 4.69) is 20.0 Å². The number of aromatic nitrogens is 2. The molecule has 2 heterocycles. The highest BCUT2D eigenvalue weighted by Crippen LogP contribution is 2.61.